The first-order chi connectivity index (χ1) is 8.10. The van der Waals surface area contributed by atoms with Gasteiger partial charge in [-0.25, -0.2) is 0 Å². The molecule has 0 saturated heterocycles. The highest BCUT2D eigenvalue weighted by molar-refractivity contribution is 5.11. The van der Waals surface area contributed by atoms with Crippen molar-refractivity contribution in [1.29, 1.82) is 0 Å². The Morgan fingerprint density at radius 1 is 1.47 bits per heavy atom. The van der Waals surface area contributed by atoms with E-state index in [1.165, 1.54) is 5.56 Å². The van der Waals surface area contributed by atoms with Gasteiger partial charge in [-0.3, -0.25) is 4.98 Å². The van der Waals surface area contributed by atoms with Gasteiger partial charge in [0.25, 0.3) is 0 Å². The Balaban J connectivity index is 2.70. The van der Waals surface area contributed by atoms with Gasteiger partial charge in [-0.2, -0.15) is 0 Å². The van der Waals surface area contributed by atoms with E-state index < -0.39 is 0 Å². The van der Waals surface area contributed by atoms with Crippen molar-refractivity contribution in [1.82, 2.24) is 10.3 Å². The van der Waals surface area contributed by atoms with E-state index in [4.69, 9.17) is 4.74 Å². The fourth-order valence-corrected chi connectivity index (χ4v) is 1.78. The minimum Gasteiger partial charge on any atom is -0.377 e. The molecule has 1 aromatic rings. The van der Waals surface area contributed by atoms with Gasteiger partial charge in [-0.1, -0.05) is 13.0 Å². The molecular formula is C14H24N2O. The molecule has 1 aromatic heterocycles. The summed E-state index contributed by atoms with van der Waals surface area (Å²) in [4.78, 5) is 4.16. The summed E-state index contributed by atoms with van der Waals surface area (Å²) in [6.45, 7) is 7.43. The van der Waals surface area contributed by atoms with Crippen molar-refractivity contribution in [3.8, 4) is 0 Å². The Morgan fingerprint density at radius 3 is 2.76 bits per heavy atom. The zero-order valence-electron chi connectivity index (χ0n) is 11.4. The largest absolute Gasteiger partial charge is 0.377 e. The van der Waals surface area contributed by atoms with Crippen LogP contribution in [-0.2, 0) is 11.2 Å². The lowest BCUT2D eigenvalue weighted by Gasteiger charge is -2.34. The minimum atomic E-state index is -0.176. The van der Waals surface area contributed by atoms with Gasteiger partial charge in [-0.05, 0) is 44.9 Å². The van der Waals surface area contributed by atoms with Crippen LogP contribution in [0, 0.1) is 0 Å². The third-order valence-corrected chi connectivity index (χ3v) is 3.17. The topological polar surface area (TPSA) is 34.2 Å². The second-order valence-corrected chi connectivity index (χ2v) is 4.88. The summed E-state index contributed by atoms with van der Waals surface area (Å²) in [6, 6.07) is 4.39. The molecule has 0 bridgehead atoms. The Labute approximate surface area is 105 Å². The van der Waals surface area contributed by atoms with Gasteiger partial charge in [0.2, 0.25) is 0 Å². The maximum absolute atomic E-state index is 5.59. The number of nitrogens with zero attached hydrogens (tertiary/aromatic N) is 1. The fraction of sp³-hybridized carbons (Fsp3) is 0.643. The molecule has 1 heterocycles. The number of nitrogens with one attached hydrogen (secondary N) is 1. The van der Waals surface area contributed by atoms with E-state index >= 15 is 0 Å². The van der Waals surface area contributed by atoms with E-state index in [1.807, 2.05) is 12.3 Å². The SMILES string of the molecule is CCCNC(Cc1cccnc1)C(C)(C)OC. The summed E-state index contributed by atoms with van der Waals surface area (Å²) < 4.78 is 5.59. The quantitative estimate of drug-likeness (QED) is 0.789. The van der Waals surface area contributed by atoms with E-state index in [9.17, 15) is 0 Å². The molecule has 96 valence electrons. The van der Waals surface area contributed by atoms with Crippen LogP contribution in [0.1, 0.15) is 32.8 Å². The van der Waals surface area contributed by atoms with Crippen molar-refractivity contribution in [2.45, 2.75) is 45.3 Å². The number of methoxy groups -OCH3 is 1. The summed E-state index contributed by atoms with van der Waals surface area (Å²) in [5, 5.41) is 3.56. The first kappa shape index (κ1) is 14.1. The van der Waals surface area contributed by atoms with Gasteiger partial charge in [0.1, 0.15) is 0 Å². The predicted molar refractivity (Wildman–Crippen MR) is 71.1 cm³/mol. The van der Waals surface area contributed by atoms with E-state index in [0.29, 0.717) is 6.04 Å². The maximum Gasteiger partial charge on any atom is 0.0778 e. The van der Waals surface area contributed by atoms with Crippen LogP contribution in [0.4, 0.5) is 0 Å². The number of pyridine rings is 1. The van der Waals surface area contributed by atoms with E-state index in [2.05, 4.69) is 37.1 Å². The standard InChI is InChI=1S/C14H24N2O/c1-5-8-16-13(14(2,3)17-4)10-12-7-6-9-15-11-12/h6-7,9,11,13,16H,5,8,10H2,1-4H3. The van der Waals surface area contributed by atoms with Crippen molar-refractivity contribution < 1.29 is 4.74 Å². The van der Waals surface area contributed by atoms with Crippen molar-refractivity contribution in [2.24, 2.45) is 0 Å². The summed E-state index contributed by atoms with van der Waals surface area (Å²) in [5.41, 5.74) is 1.07. The third-order valence-electron chi connectivity index (χ3n) is 3.17. The molecule has 0 saturated carbocycles. The summed E-state index contributed by atoms with van der Waals surface area (Å²) in [5.74, 6) is 0. The smallest absolute Gasteiger partial charge is 0.0778 e. The van der Waals surface area contributed by atoms with Gasteiger partial charge in [0.05, 0.1) is 5.60 Å². The molecule has 0 aliphatic heterocycles. The lowest BCUT2D eigenvalue weighted by Crippen LogP contribution is -2.49. The van der Waals surface area contributed by atoms with Gasteiger partial charge in [0.15, 0.2) is 0 Å². The van der Waals surface area contributed by atoms with E-state index in [0.717, 1.165) is 19.4 Å². The van der Waals surface area contributed by atoms with Crippen LogP contribution >= 0.6 is 0 Å². The van der Waals surface area contributed by atoms with Crippen LogP contribution in [0.5, 0.6) is 0 Å². The zero-order valence-corrected chi connectivity index (χ0v) is 11.4. The van der Waals surface area contributed by atoms with Crippen LogP contribution in [0.3, 0.4) is 0 Å². The molecule has 1 rings (SSSR count). The zero-order chi connectivity index (χ0) is 12.7. The molecule has 0 aliphatic rings. The normalized spacial score (nSPS) is 13.6. The molecular weight excluding hydrogens is 212 g/mol. The second-order valence-electron chi connectivity index (χ2n) is 4.88. The number of hydrogen-bond donors (Lipinski definition) is 1. The van der Waals surface area contributed by atoms with Crippen LogP contribution < -0.4 is 5.32 Å². The van der Waals surface area contributed by atoms with Gasteiger partial charge >= 0.3 is 0 Å². The molecule has 1 unspecified atom stereocenters. The Kier molecular flexibility index (Phi) is 5.59. The maximum atomic E-state index is 5.59. The number of rotatable bonds is 7. The molecule has 0 spiro atoms. The predicted octanol–water partition coefficient (Wildman–Crippen LogP) is 2.42. The molecule has 0 aliphatic carbocycles. The van der Waals surface area contributed by atoms with Crippen LogP contribution in [0.2, 0.25) is 0 Å². The molecule has 1 N–H and O–H groups in total. The van der Waals surface area contributed by atoms with E-state index in [1.54, 1.807) is 13.3 Å². The number of ether oxygens (including phenoxy) is 1. The highest BCUT2D eigenvalue weighted by Crippen LogP contribution is 2.17. The Bertz CT molecular complexity index is 311. The summed E-state index contributed by atoms with van der Waals surface area (Å²) in [6.07, 6.45) is 5.80. The number of hydrogen-bond acceptors (Lipinski definition) is 3. The lowest BCUT2D eigenvalue weighted by molar-refractivity contribution is -0.00999. The second kappa shape index (κ2) is 6.72. The minimum absolute atomic E-state index is 0.176. The average molecular weight is 236 g/mol. The molecule has 0 fully saturated rings. The first-order valence-corrected chi connectivity index (χ1v) is 6.27. The number of aromatic nitrogens is 1. The van der Waals surface area contributed by atoms with Crippen molar-refractivity contribution in [3.05, 3.63) is 30.1 Å². The highest BCUT2D eigenvalue weighted by atomic mass is 16.5. The molecule has 0 radical (unpaired) electrons. The van der Waals surface area contributed by atoms with Gasteiger partial charge in [-0.15, -0.1) is 0 Å². The molecule has 3 nitrogen and oxygen atoms in total. The fourth-order valence-electron chi connectivity index (χ4n) is 1.78. The highest BCUT2D eigenvalue weighted by Gasteiger charge is 2.28. The lowest BCUT2D eigenvalue weighted by atomic mass is 9.92. The van der Waals surface area contributed by atoms with Crippen LogP contribution in [-0.4, -0.2) is 30.3 Å². The van der Waals surface area contributed by atoms with Crippen molar-refractivity contribution in [2.75, 3.05) is 13.7 Å². The van der Waals surface area contributed by atoms with Gasteiger partial charge in [0, 0.05) is 25.5 Å². The van der Waals surface area contributed by atoms with Crippen molar-refractivity contribution >= 4 is 0 Å². The Hall–Kier alpha value is -0.930. The average Bonchev–Trinajstić information content (AvgIpc) is 2.35. The van der Waals surface area contributed by atoms with Gasteiger partial charge < -0.3 is 10.1 Å². The molecule has 17 heavy (non-hydrogen) atoms. The molecule has 0 aromatic carbocycles. The van der Waals surface area contributed by atoms with E-state index in [-0.39, 0.29) is 5.60 Å². The third kappa shape index (κ3) is 4.44. The summed E-state index contributed by atoms with van der Waals surface area (Å²) >= 11 is 0. The monoisotopic (exact) mass is 236 g/mol. The molecule has 0 amide bonds. The summed E-state index contributed by atoms with van der Waals surface area (Å²) in [7, 11) is 1.77. The van der Waals surface area contributed by atoms with Crippen LogP contribution in [0.15, 0.2) is 24.5 Å². The Morgan fingerprint density at radius 2 is 2.24 bits per heavy atom. The first-order valence-electron chi connectivity index (χ1n) is 6.27. The molecule has 1 atom stereocenters. The van der Waals surface area contributed by atoms with Crippen LogP contribution in [0.25, 0.3) is 0 Å². The van der Waals surface area contributed by atoms with Crippen molar-refractivity contribution in [3.63, 3.8) is 0 Å². The molecule has 3 heteroatoms.